The summed E-state index contributed by atoms with van der Waals surface area (Å²) in [5, 5.41) is 0.404. The summed E-state index contributed by atoms with van der Waals surface area (Å²) in [6.07, 6.45) is 1.73. The van der Waals surface area contributed by atoms with Gasteiger partial charge in [0.15, 0.2) is 0 Å². The van der Waals surface area contributed by atoms with Crippen LogP contribution in [0.15, 0.2) is 29.0 Å². The third-order valence-electron chi connectivity index (χ3n) is 1.16. The van der Waals surface area contributed by atoms with E-state index in [1.165, 1.54) is 0 Å². The molecule has 0 aliphatic rings. The molecule has 0 saturated carbocycles. The van der Waals surface area contributed by atoms with E-state index in [1.807, 2.05) is 6.92 Å². The molecule has 0 saturated heterocycles. The van der Waals surface area contributed by atoms with Crippen LogP contribution in [0.3, 0.4) is 0 Å². The van der Waals surface area contributed by atoms with Gasteiger partial charge in [0.25, 0.3) is 0 Å². The van der Waals surface area contributed by atoms with Crippen molar-refractivity contribution in [3.63, 3.8) is 0 Å². The fraction of sp³-hybridized carbons (Fsp3) is 0.375. The van der Waals surface area contributed by atoms with Crippen LogP contribution in [0.25, 0.3) is 0 Å². The van der Waals surface area contributed by atoms with Gasteiger partial charge in [-0.1, -0.05) is 18.2 Å². The normalized spacial score (nSPS) is 13.1. The topological polar surface area (TPSA) is 21.6 Å². The Bertz CT molecular complexity index is 206. The molecule has 0 aromatic carbocycles. The van der Waals surface area contributed by atoms with E-state index < -0.39 is 0 Å². The van der Waals surface area contributed by atoms with Crippen LogP contribution in [0.1, 0.15) is 6.92 Å². The lowest BCUT2D eigenvalue weighted by Crippen LogP contribution is -1.90. The zero-order valence-electron chi connectivity index (χ0n) is 7.02. The summed E-state index contributed by atoms with van der Waals surface area (Å²) in [6.45, 7) is 5.52. The summed E-state index contributed by atoms with van der Waals surface area (Å²) in [5.74, 6) is 0.761. The molecule has 0 fully saturated rings. The lowest BCUT2D eigenvalue weighted by molar-refractivity contribution is 0.293. The van der Waals surface area contributed by atoms with Crippen molar-refractivity contribution in [3.05, 3.63) is 24.0 Å². The second-order valence-electron chi connectivity index (χ2n) is 2.00. The van der Waals surface area contributed by atoms with Gasteiger partial charge in [-0.05, 0) is 13.0 Å². The minimum atomic E-state index is 0.404. The molecule has 0 heterocycles. The summed E-state index contributed by atoms with van der Waals surface area (Å²) in [4.78, 5) is 3.76. The van der Waals surface area contributed by atoms with Gasteiger partial charge in [0.2, 0.25) is 0 Å². The second kappa shape index (κ2) is 4.97. The molecule has 0 bridgehead atoms. The van der Waals surface area contributed by atoms with Crippen LogP contribution in [0.5, 0.6) is 0 Å². The first-order chi connectivity index (χ1) is 5.11. The zero-order valence-corrected chi connectivity index (χ0v) is 7.77. The van der Waals surface area contributed by atoms with E-state index in [2.05, 4.69) is 11.6 Å². The smallest absolute Gasteiger partial charge is 0.130 e. The summed E-state index contributed by atoms with van der Waals surface area (Å²) in [5.41, 5.74) is 0.661. The number of aliphatic imine (C=N–C) groups is 1. The van der Waals surface area contributed by atoms with Crippen LogP contribution in [0.2, 0.25) is 0 Å². The maximum atomic E-state index is 5.67. The number of allylic oxidation sites excluding steroid dienone is 3. The molecule has 0 aromatic heterocycles. The largest absolute Gasteiger partial charge is 0.501 e. The minimum Gasteiger partial charge on any atom is -0.501 e. The van der Waals surface area contributed by atoms with Crippen molar-refractivity contribution in [3.8, 4) is 0 Å². The highest BCUT2D eigenvalue weighted by atomic mass is 35.5. The fourth-order valence-corrected chi connectivity index (χ4v) is 0.562. The van der Waals surface area contributed by atoms with Gasteiger partial charge in [0, 0.05) is 12.6 Å². The van der Waals surface area contributed by atoms with Gasteiger partial charge in [0.05, 0.1) is 12.9 Å². The molecule has 3 heteroatoms. The summed E-state index contributed by atoms with van der Waals surface area (Å²) >= 11 is 5.67. The molecule has 0 spiro atoms. The van der Waals surface area contributed by atoms with Crippen LogP contribution in [-0.4, -0.2) is 19.3 Å². The predicted octanol–water partition coefficient (Wildman–Crippen LogP) is 2.36. The van der Waals surface area contributed by atoms with E-state index in [9.17, 15) is 0 Å². The Morgan fingerprint density at radius 3 is 2.55 bits per heavy atom. The van der Waals surface area contributed by atoms with Crippen LogP contribution < -0.4 is 0 Å². The molecule has 0 aromatic rings. The van der Waals surface area contributed by atoms with Gasteiger partial charge in [0.1, 0.15) is 5.17 Å². The van der Waals surface area contributed by atoms with Crippen molar-refractivity contribution in [2.75, 3.05) is 14.2 Å². The number of methoxy groups -OCH3 is 1. The van der Waals surface area contributed by atoms with Gasteiger partial charge in [-0.15, -0.1) is 0 Å². The number of rotatable bonds is 3. The lowest BCUT2D eigenvalue weighted by Gasteiger charge is -1.99. The third-order valence-corrected chi connectivity index (χ3v) is 1.57. The van der Waals surface area contributed by atoms with E-state index in [0.717, 1.165) is 5.76 Å². The van der Waals surface area contributed by atoms with E-state index in [-0.39, 0.29) is 0 Å². The van der Waals surface area contributed by atoms with Gasteiger partial charge >= 0.3 is 0 Å². The fourth-order valence-electron chi connectivity index (χ4n) is 0.507. The number of nitrogens with zero attached hydrogens (tertiary/aromatic N) is 1. The zero-order chi connectivity index (χ0) is 8.85. The van der Waals surface area contributed by atoms with Crippen molar-refractivity contribution in [2.24, 2.45) is 4.99 Å². The SMILES string of the molecule is C=C(/C=C(\C)OC)/C(Cl)=N\C. The average molecular weight is 174 g/mol. The standard InChI is InChI=1S/C8H12ClNO/c1-6(8(9)10-3)5-7(2)11-4/h5H,1H2,2-4H3/b7-5+,10-8+. The molecule has 0 aliphatic heterocycles. The second-order valence-corrected chi connectivity index (χ2v) is 2.36. The Morgan fingerprint density at radius 1 is 1.64 bits per heavy atom. The molecule has 0 aliphatic carbocycles. The molecule has 0 N–H and O–H groups in total. The van der Waals surface area contributed by atoms with Crippen molar-refractivity contribution >= 4 is 16.8 Å². The van der Waals surface area contributed by atoms with Gasteiger partial charge in [-0.25, -0.2) is 0 Å². The molecule has 0 rings (SSSR count). The summed E-state index contributed by atoms with van der Waals surface area (Å²) in [7, 11) is 3.21. The van der Waals surface area contributed by atoms with Crippen LogP contribution >= 0.6 is 11.6 Å². The molecule has 0 atom stereocenters. The highest BCUT2D eigenvalue weighted by molar-refractivity contribution is 6.69. The Labute approximate surface area is 72.2 Å². The summed E-state index contributed by atoms with van der Waals surface area (Å²) in [6, 6.07) is 0. The quantitative estimate of drug-likeness (QED) is 0.365. The summed E-state index contributed by atoms with van der Waals surface area (Å²) < 4.78 is 4.90. The highest BCUT2D eigenvalue weighted by Gasteiger charge is 1.96. The van der Waals surface area contributed by atoms with Gasteiger partial charge in [-0.3, -0.25) is 4.99 Å². The first-order valence-corrected chi connectivity index (χ1v) is 3.53. The highest BCUT2D eigenvalue weighted by Crippen LogP contribution is 2.05. The maximum Gasteiger partial charge on any atom is 0.130 e. The number of hydrogen-bond donors (Lipinski definition) is 0. The Hall–Kier alpha value is -0.760. The average Bonchev–Trinajstić information content (AvgIpc) is 2.02. The molecule has 0 unspecified atom stereocenters. The maximum absolute atomic E-state index is 5.67. The van der Waals surface area contributed by atoms with E-state index >= 15 is 0 Å². The monoisotopic (exact) mass is 173 g/mol. The minimum absolute atomic E-state index is 0.404. The van der Waals surface area contributed by atoms with Crippen LogP contribution in [0, 0.1) is 0 Å². The van der Waals surface area contributed by atoms with Gasteiger partial charge < -0.3 is 4.74 Å². The van der Waals surface area contributed by atoms with E-state index in [4.69, 9.17) is 16.3 Å². The number of ether oxygens (including phenoxy) is 1. The van der Waals surface area contributed by atoms with Crippen molar-refractivity contribution in [2.45, 2.75) is 6.92 Å². The Morgan fingerprint density at radius 2 is 2.18 bits per heavy atom. The molecular formula is C8H12ClNO. The molecular weight excluding hydrogens is 162 g/mol. The number of halogens is 1. The van der Waals surface area contributed by atoms with Crippen LogP contribution in [-0.2, 0) is 4.74 Å². The first kappa shape index (κ1) is 10.2. The molecule has 0 amide bonds. The molecule has 2 nitrogen and oxygen atoms in total. The Kier molecular flexibility index (Phi) is 4.62. The lowest BCUT2D eigenvalue weighted by atomic mass is 10.3. The van der Waals surface area contributed by atoms with E-state index in [0.29, 0.717) is 10.7 Å². The Balaban J connectivity index is 4.29. The van der Waals surface area contributed by atoms with Crippen LogP contribution in [0.4, 0.5) is 0 Å². The van der Waals surface area contributed by atoms with Crippen molar-refractivity contribution in [1.29, 1.82) is 0 Å². The van der Waals surface area contributed by atoms with Gasteiger partial charge in [-0.2, -0.15) is 0 Å². The molecule has 62 valence electrons. The predicted molar refractivity (Wildman–Crippen MR) is 49.1 cm³/mol. The van der Waals surface area contributed by atoms with Crippen molar-refractivity contribution < 1.29 is 4.74 Å². The van der Waals surface area contributed by atoms with Crippen molar-refractivity contribution in [1.82, 2.24) is 0 Å². The molecule has 11 heavy (non-hydrogen) atoms. The number of hydrogen-bond acceptors (Lipinski definition) is 2. The molecule has 0 radical (unpaired) electrons. The third kappa shape index (κ3) is 3.83. The first-order valence-electron chi connectivity index (χ1n) is 3.15. The van der Waals surface area contributed by atoms with E-state index in [1.54, 1.807) is 20.2 Å².